The number of imidazole rings is 1. The van der Waals surface area contributed by atoms with Gasteiger partial charge in [-0.1, -0.05) is 11.6 Å². The predicted octanol–water partition coefficient (Wildman–Crippen LogP) is 1.97. The van der Waals surface area contributed by atoms with Crippen LogP contribution in [0.5, 0.6) is 11.6 Å². The van der Waals surface area contributed by atoms with E-state index >= 15 is 0 Å². The van der Waals surface area contributed by atoms with Crippen molar-refractivity contribution in [2.45, 2.75) is 56.3 Å². The van der Waals surface area contributed by atoms with Gasteiger partial charge in [0.15, 0.2) is 17.4 Å². The van der Waals surface area contributed by atoms with Crippen molar-refractivity contribution in [3.63, 3.8) is 0 Å². The van der Waals surface area contributed by atoms with Gasteiger partial charge in [0.05, 0.1) is 26.7 Å². The summed E-state index contributed by atoms with van der Waals surface area (Å²) in [6.07, 6.45) is -1.89. The molecule has 41 heavy (non-hydrogen) atoms. The Morgan fingerprint density at radius 3 is 2.66 bits per heavy atom. The van der Waals surface area contributed by atoms with Gasteiger partial charge in [-0.05, 0) is 51.0 Å². The molecule has 1 aliphatic carbocycles. The first-order chi connectivity index (χ1) is 19.4. The van der Waals surface area contributed by atoms with Gasteiger partial charge in [-0.15, -0.1) is 0 Å². The van der Waals surface area contributed by atoms with E-state index in [4.69, 9.17) is 40.6 Å². The van der Waals surface area contributed by atoms with E-state index < -0.39 is 49.9 Å². The van der Waals surface area contributed by atoms with Gasteiger partial charge in [0, 0.05) is 5.02 Å². The van der Waals surface area contributed by atoms with Crippen LogP contribution < -0.4 is 20.1 Å². The fourth-order valence-electron chi connectivity index (χ4n) is 4.52. The normalized spacial score (nSPS) is 26.4. The van der Waals surface area contributed by atoms with Crippen LogP contribution in [-0.4, -0.2) is 79.4 Å². The molecule has 0 amide bonds. The van der Waals surface area contributed by atoms with Gasteiger partial charge in [0.1, 0.15) is 29.1 Å². The minimum atomic E-state index is -4.28. The second-order valence-electron chi connectivity index (χ2n) is 9.87. The molecule has 0 bridgehead atoms. The highest BCUT2D eigenvalue weighted by atomic mass is 35.5. The molecule has 222 valence electrons. The summed E-state index contributed by atoms with van der Waals surface area (Å²) >= 11 is 5.95. The maximum absolute atomic E-state index is 13.9. The number of carbonyl (C=O) groups excluding carboxylic acids is 1. The topological polar surface area (TPSA) is 202 Å². The highest BCUT2D eigenvalue weighted by molar-refractivity contribution is 7.52. The van der Waals surface area contributed by atoms with E-state index in [-0.39, 0.29) is 28.7 Å². The van der Waals surface area contributed by atoms with Crippen molar-refractivity contribution >= 4 is 42.4 Å². The van der Waals surface area contributed by atoms with Crippen molar-refractivity contribution in [2.24, 2.45) is 0 Å². The van der Waals surface area contributed by atoms with Crippen LogP contribution in [-0.2, 0) is 23.4 Å². The van der Waals surface area contributed by atoms with Crippen molar-refractivity contribution in [3.8, 4) is 11.6 Å². The molecule has 17 heteroatoms. The number of aliphatic hydroxyl groups is 2. The van der Waals surface area contributed by atoms with Gasteiger partial charge in [0.25, 0.3) is 0 Å². The summed E-state index contributed by atoms with van der Waals surface area (Å²) in [5.74, 6) is -0.415. The molecule has 5 rings (SSSR count). The standard InChI is InChI=1S/C24H30ClN6O9P/c1-4-37-19-16-18(28-22(26)29-19)31(12-27-16)20-23(2,34)17(32)15(39-20)11-38-41(35,30-24(9-10-24)21(33)36-3)40-14-7-5-13(25)6-8-14/h5-8,12,15,17,20,32,34H,4,9-11H2,1-3H3,(H,30,35)(H2,26,28,29)/t15?,17-,20?,23-,41?/m1/s1. The second-order valence-corrected chi connectivity index (χ2v) is 12.0. The lowest BCUT2D eigenvalue weighted by molar-refractivity contribution is -0.144. The van der Waals surface area contributed by atoms with Crippen LogP contribution in [0.4, 0.5) is 5.95 Å². The number of aromatic nitrogens is 4. The second kappa shape index (κ2) is 11.0. The summed E-state index contributed by atoms with van der Waals surface area (Å²) in [6.45, 7) is 2.93. The molecular weight excluding hydrogens is 583 g/mol. The summed E-state index contributed by atoms with van der Waals surface area (Å²) in [5, 5.41) is 25.4. The number of ether oxygens (including phenoxy) is 3. The monoisotopic (exact) mass is 612 g/mol. The quantitative estimate of drug-likeness (QED) is 0.181. The number of nitrogen functional groups attached to an aromatic ring is 1. The lowest BCUT2D eigenvalue weighted by Crippen LogP contribution is -2.44. The number of rotatable bonds is 11. The smallest absolute Gasteiger partial charge is 0.459 e. The fourth-order valence-corrected chi connectivity index (χ4v) is 6.40. The molecule has 2 fully saturated rings. The summed E-state index contributed by atoms with van der Waals surface area (Å²) in [7, 11) is -3.06. The number of benzene rings is 1. The van der Waals surface area contributed by atoms with Gasteiger partial charge in [0.2, 0.25) is 11.8 Å². The van der Waals surface area contributed by atoms with Crippen LogP contribution in [0, 0.1) is 0 Å². The fraction of sp³-hybridized carbons (Fsp3) is 0.500. The number of nitrogens with zero attached hydrogens (tertiary/aromatic N) is 4. The molecule has 5 atom stereocenters. The molecule has 3 heterocycles. The number of fused-ring (bicyclic) bond motifs is 1. The van der Waals surface area contributed by atoms with Gasteiger partial charge in [-0.3, -0.25) is 13.9 Å². The Morgan fingerprint density at radius 2 is 2.02 bits per heavy atom. The van der Waals surface area contributed by atoms with E-state index in [1.54, 1.807) is 6.92 Å². The van der Waals surface area contributed by atoms with Crippen molar-refractivity contribution in [3.05, 3.63) is 35.6 Å². The molecule has 1 aromatic carbocycles. The number of carbonyl (C=O) groups is 1. The number of methoxy groups -OCH3 is 1. The summed E-state index contributed by atoms with van der Waals surface area (Å²) in [6, 6.07) is 6.02. The minimum Gasteiger partial charge on any atom is -0.476 e. The van der Waals surface area contributed by atoms with Gasteiger partial charge >= 0.3 is 13.7 Å². The average molecular weight is 613 g/mol. The predicted molar refractivity (Wildman–Crippen MR) is 144 cm³/mol. The van der Waals surface area contributed by atoms with Crippen molar-refractivity contribution in [2.75, 3.05) is 26.1 Å². The Bertz CT molecular complexity index is 1480. The Labute approximate surface area is 239 Å². The molecule has 1 saturated heterocycles. The van der Waals surface area contributed by atoms with Crippen LogP contribution in [0.25, 0.3) is 11.2 Å². The first kappa shape index (κ1) is 29.5. The molecule has 5 N–H and O–H groups in total. The van der Waals surface area contributed by atoms with Crippen LogP contribution in [0.3, 0.4) is 0 Å². The lowest BCUT2D eigenvalue weighted by Gasteiger charge is -2.27. The number of halogens is 1. The number of anilines is 1. The van der Waals surface area contributed by atoms with E-state index in [2.05, 4.69) is 20.0 Å². The van der Waals surface area contributed by atoms with Gasteiger partial charge in [-0.25, -0.2) is 9.55 Å². The van der Waals surface area contributed by atoms with Crippen LogP contribution in [0.2, 0.25) is 5.02 Å². The van der Waals surface area contributed by atoms with Crippen LogP contribution in [0.1, 0.15) is 32.9 Å². The van der Waals surface area contributed by atoms with E-state index in [0.29, 0.717) is 24.5 Å². The molecule has 1 aliphatic heterocycles. The lowest BCUT2D eigenvalue weighted by atomic mass is 9.96. The number of hydrogen-bond acceptors (Lipinski definition) is 13. The Kier molecular flexibility index (Phi) is 7.89. The van der Waals surface area contributed by atoms with E-state index in [1.165, 1.54) is 49.2 Å². The minimum absolute atomic E-state index is 0.0910. The molecule has 0 spiro atoms. The van der Waals surface area contributed by atoms with Crippen molar-refractivity contribution in [1.82, 2.24) is 24.6 Å². The zero-order valence-electron chi connectivity index (χ0n) is 22.4. The highest BCUT2D eigenvalue weighted by Gasteiger charge is 2.58. The summed E-state index contributed by atoms with van der Waals surface area (Å²) < 4.78 is 43.0. The van der Waals surface area contributed by atoms with Crippen LogP contribution >= 0.6 is 19.3 Å². The van der Waals surface area contributed by atoms with Gasteiger partial charge in [-0.2, -0.15) is 15.1 Å². The third-order valence-corrected chi connectivity index (χ3v) is 8.71. The molecule has 1 saturated carbocycles. The Morgan fingerprint density at radius 1 is 1.32 bits per heavy atom. The number of esters is 1. The number of nitrogens with two attached hydrogens (primary N) is 1. The largest absolute Gasteiger partial charge is 0.476 e. The Balaban J connectivity index is 1.39. The summed E-state index contributed by atoms with van der Waals surface area (Å²) in [5.41, 5.74) is 3.19. The maximum atomic E-state index is 13.9. The maximum Gasteiger partial charge on any atom is 0.459 e. The molecular formula is C24H30ClN6O9P. The third kappa shape index (κ3) is 5.71. The highest BCUT2D eigenvalue weighted by Crippen LogP contribution is 2.53. The Hall–Kier alpha value is -3.04. The van der Waals surface area contributed by atoms with Crippen LogP contribution in [0.15, 0.2) is 30.6 Å². The zero-order valence-corrected chi connectivity index (χ0v) is 24.0. The zero-order chi connectivity index (χ0) is 29.6. The van der Waals surface area contributed by atoms with Crippen molar-refractivity contribution in [1.29, 1.82) is 0 Å². The molecule has 15 nitrogen and oxygen atoms in total. The first-order valence-corrected chi connectivity index (χ1v) is 14.6. The van der Waals surface area contributed by atoms with Gasteiger partial charge < -0.3 is 34.7 Å². The molecule has 3 aromatic rings. The van der Waals surface area contributed by atoms with E-state index in [1.807, 2.05) is 0 Å². The van der Waals surface area contributed by atoms with Crippen molar-refractivity contribution < 1.29 is 42.8 Å². The SMILES string of the molecule is CCOc1nc(N)nc2c1ncn2C1OC(COP(=O)(NC2(C(=O)OC)CC2)Oc2ccc(Cl)cc2)[C@@H](O)[C@@]1(C)O. The van der Waals surface area contributed by atoms with E-state index in [9.17, 15) is 19.6 Å². The molecule has 2 aromatic heterocycles. The summed E-state index contributed by atoms with van der Waals surface area (Å²) in [4.78, 5) is 24.9. The molecule has 0 radical (unpaired) electrons. The average Bonchev–Trinajstić information content (AvgIpc) is 3.52. The first-order valence-electron chi connectivity index (χ1n) is 12.7. The number of nitrogens with one attached hydrogen (secondary N) is 1. The van der Waals surface area contributed by atoms with E-state index in [0.717, 1.165) is 0 Å². The number of hydrogen-bond donors (Lipinski definition) is 4. The molecule has 3 unspecified atom stereocenters. The third-order valence-electron chi connectivity index (χ3n) is 6.82. The number of aliphatic hydroxyl groups excluding tert-OH is 1. The molecule has 2 aliphatic rings.